The van der Waals surface area contributed by atoms with E-state index in [1.165, 1.54) is 0 Å². The lowest BCUT2D eigenvalue weighted by Gasteiger charge is -2.33. The van der Waals surface area contributed by atoms with Gasteiger partial charge >= 0.3 is 0 Å². The minimum Gasteiger partial charge on any atom is -0.393 e. The second-order valence-electron chi connectivity index (χ2n) is 11.2. The molecule has 0 bridgehead atoms. The largest absolute Gasteiger partial charge is 0.393 e. The molecule has 7 heteroatoms. The Morgan fingerprint density at radius 3 is 2.14 bits per heavy atom. The minimum absolute atomic E-state index is 0.0875. The molecule has 1 N–H and O–H groups in total. The molecule has 2 aromatic rings. The van der Waals surface area contributed by atoms with Crippen LogP contribution in [0.1, 0.15) is 67.8 Å². The van der Waals surface area contributed by atoms with E-state index in [2.05, 4.69) is 6.92 Å². The molecule has 198 valence electrons. The predicted octanol–water partition coefficient (Wildman–Crippen LogP) is 6.23. The number of benzene rings is 2. The minimum atomic E-state index is -0.226. The second kappa shape index (κ2) is 11.3. The van der Waals surface area contributed by atoms with Crippen molar-refractivity contribution in [2.75, 3.05) is 19.6 Å². The normalized spacial score (nSPS) is 25.1. The van der Waals surface area contributed by atoms with E-state index in [9.17, 15) is 14.7 Å². The van der Waals surface area contributed by atoms with Crippen LogP contribution in [0.25, 0.3) is 11.1 Å². The fourth-order valence-corrected chi connectivity index (χ4v) is 6.74. The Morgan fingerprint density at radius 1 is 0.892 bits per heavy atom. The number of nitrogens with zero attached hydrogens (tertiary/aromatic N) is 2. The van der Waals surface area contributed by atoms with Gasteiger partial charge in [0.1, 0.15) is 0 Å². The average molecular weight is 544 g/mol. The van der Waals surface area contributed by atoms with Crippen LogP contribution >= 0.6 is 23.2 Å². The zero-order valence-corrected chi connectivity index (χ0v) is 23.0. The van der Waals surface area contributed by atoms with Crippen LogP contribution < -0.4 is 0 Å². The first-order chi connectivity index (χ1) is 17.8. The van der Waals surface area contributed by atoms with Gasteiger partial charge in [-0.1, -0.05) is 42.3 Å². The van der Waals surface area contributed by atoms with E-state index in [-0.39, 0.29) is 29.9 Å². The number of amides is 2. The van der Waals surface area contributed by atoms with Gasteiger partial charge in [0.15, 0.2) is 0 Å². The summed E-state index contributed by atoms with van der Waals surface area (Å²) in [5.74, 6) is 0.836. The molecule has 3 fully saturated rings. The molecule has 5 rings (SSSR count). The zero-order chi connectivity index (χ0) is 26.1. The average Bonchev–Trinajstić information content (AvgIpc) is 3.26. The Labute approximate surface area is 229 Å². The molecule has 1 atom stereocenters. The molecule has 2 amide bonds. The third-order valence-corrected chi connectivity index (χ3v) is 9.26. The molecule has 2 saturated heterocycles. The summed E-state index contributed by atoms with van der Waals surface area (Å²) in [6, 6.07) is 11.7. The quantitative estimate of drug-likeness (QED) is 0.487. The molecule has 3 aliphatic rings. The number of carbonyl (C=O) groups excluding carboxylic acids is 2. The van der Waals surface area contributed by atoms with Crippen LogP contribution in [-0.2, 0) is 11.2 Å². The molecule has 1 aliphatic carbocycles. The maximum atomic E-state index is 13.2. The highest BCUT2D eigenvalue weighted by Crippen LogP contribution is 2.37. The summed E-state index contributed by atoms with van der Waals surface area (Å²) in [5.41, 5.74) is 3.35. The Morgan fingerprint density at radius 2 is 1.51 bits per heavy atom. The van der Waals surface area contributed by atoms with Crippen molar-refractivity contribution in [3.05, 3.63) is 57.6 Å². The van der Waals surface area contributed by atoms with Crippen LogP contribution in [0.4, 0.5) is 0 Å². The van der Waals surface area contributed by atoms with Crippen molar-refractivity contribution in [2.24, 2.45) is 11.8 Å². The second-order valence-corrected chi connectivity index (χ2v) is 12.0. The van der Waals surface area contributed by atoms with E-state index in [1.54, 1.807) is 0 Å². The Bertz CT molecular complexity index is 1110. The van der Waals surface area contributed by atoms with Gasteiger partial charge in [-0.05, 0) is 98.2 Å². The zero-order valence-electron chi connectivity index (χ0n) is 21.5. The predicted molar refractivity (Wildman–Crippen MR) is 148 cm³/mol. The number of rotatable bonds is 5. The maximum Gasteiger partial charge on any atom is 0.253 e. The summed E-state index contributed by atoms with van der Waals surface area (Å²) < 4.78 is 0. The van der Waals surface area contributed by atoms with Gasteiger partial charge in [-0.2, -0.15) is 0 Å². The Kier molecular flexibility index (Phi) is 8.13. The summed E-state index contributed by atoms with van der Waals surface area (Å²) in [6.45, 7) is 4.64. The SMILES string of the molecule is CC1CCN(C(=O)c2ccc(-c3cc(Cl)c(C[C@@H]4CCN(C5CCC(O)CC5)C4=O)c(Cl)c3)cc2)CC1. The lowest BCUT2D eigenvalue weighted by molar-refractivity contribution is -0.133. The first-order valence-electron chi connectivity index (χ1n) is 13.7. The number of carbonyl (C=O) groups is 2. The summed E-state index contributed by atoms with van der Waals surface area (Å²) in [4.78, 5) is 30.0. The van der Waals surface area contributed by atoms with Crippen molar-refractivity contribution >= 4 is 35.0 Å². The number of piperidine rings is 1. The molecule has 0 unspecified atom stereocenters. The first-order valence-corrected chi connectivity index (χ1v) is 14.4. The number of halogens is 2. The third-order valence-electron chi connectivity index (χ3n) is 8.59. The van der Waals surface area contributed by atoms with Gasteiger partial charge in [0.25, 0.3) is 5.91 Å². The smallest absolute Gasteiger partial charge is 0.253 e. The maximum absolute atomic E-state index is 13.2. The molecule has 2 heterocycles. The van der Waals surface area contributed by atoms with Gasteiger partial charge in [0, 0.05) is 47.2 Å². The standard InChI is InChI=1S/C30H36Cl2N2O3/c1-19-10-13-33(14-11-19)29(36)21-4-2-20(3-5-21)23-17-27(31)26(28(32)18-23)16-22-12-15-34(30(22)37)24-6-8-25(35)9-7-24/h2-5,17-19,22,24-25,35H,6-16H2,1H3/t22-,24?,25?/m0/s1. The highest BCUT2D eigenvalue weighted by atomic mass is 35.5. The van der Waals surface area contributed by atoms with Crippen molar-refractivity contribution in [1.82, 2.24) is 9.80 Å². The van der Waals surface area contributed by atoms with Crippen LogP contribution in [0.3, 0.4) is 0 Å². The van der Waals surface area contributed by atoms with Gasteiger partial charge in [0.2, 0.25) is 5.91 Å². The van der Waals surface area contributed by atoms with Gasteiger partial charge in [-0.3, -0.25) is 9.59 Å². The van der Waals surface area contributed by atoms with E-state index in [4.69, 9.17) is 23.2 Å². The Hall–Kier alpha value is -2.08. The molecule has 2 aromatic carbocycles. The number of likely N-dealkylation sites (tertiary alicyclic amines) is 2. The van der Waals surface area contributed by atoms with Crippen molar-refractivity contribution in [3.63, 3.8) is 0 Å². The van der Waals surface area contributed by atoms with E-state index in [0.717, 1.165) is 81.3 Å². The molecular weight excluding hydrogens is 507 g/mol. The lowest BCUT2D eigenvalue weighted by Crippen LogP contribution is -2.41. The van der Waals surface area contributed by atoms with Crippen LogP contribution in [-0.4, -0.2) is 58.5 Å². The number of aliphatic hydroxyl groups excluding tert-OH is 1. The summed E-state index contributed by atoms with van der Waals surface area (Å²) in [6.07, 6.45) is 6.51. The van der Waals surface area contributed by atoms with Crippen LogP contribution in [0.2, 0.25) is 10.0 Å². The number of aliphatic hydroxyl groups is 1. The molecule has 1 saturated carbocycles. The summed E-state index contributed by atoms with van der Waals surface area (Å²) in [7, 11) is 0. The third kappa shape index (κ3) is 5.84. The fraction of sp³-hybridized carbons (Fsp3) is 0.533. The summed E-state index contributed by atoms with van der Waals surface area (Å²) in [5, 5.41) is 10.9. The van der Waals surface area contributed by atoms with Crippen molar-refractivity contribution in [2.45, 2.75) is 70.4 Å². The Balaban J connectivity index is 1.25. The van der Waals surface area contributed by atoms with E-state index < -0.39 is 0 Å². The van der Waals surface area contributed by atoms with Crippen molar-refractivity contribution < 1.29 is 14.7 Å². The molecule has 37 heavy (non-hydrogen) atoms. The van der Waals surface area contributed by atoms with E-state index in [1.807, 2.05) is 46.2 Å². The fourth-order valence-electron chi connectivity index (χ4n) is 6.10. The topological polar surface area (TPSA) is 60.9 Å². The molecule has 2 aliphatic heterocycles. The van der Waals surface area contributed by atoms with Crippen LogP contribution in [0, 0.1) is 11.8 Å². The van der Waals surface area contributed by atoms with Crippen molar-refractivity contribution in [1.29, 1.82) is 0 Å². The summed E-state index contributed by atoms with van der Waals surface area (Å²) >= 11 is 13.4. The first kappa shape index (κ1) is 26.5. The van der Waals surface area contributed by atoms with Gasteiger partial charge < -0.3 is 14.9 Å². The van der Waals surface area contributed by atoms with E-state index in [0.29, 0.717) is 27.9 Å². The van der Waals surface area contributed by atoms with Gasteiger partial charge in [-0.15, -0.1) is 0 Å². The van der Waals surface area contributed by atoms with Crippen molar-refractivity contribution in [3.8, 4) is 11.1 Å². The molecule has 0 spiro atoms. The highest BCUT2D eigenvalue weighted by molar-refractivity contribution is 6.36. The molecule has 0 aromatic heterocycles. The number of hydrogen-bond donors (Lipinski definition) is 1. The number of hydrogen-bond acceptors (Lipinski definition) is 3. The lowest BCUT2D eigenvalue weighted by atomic mass is 9.92. The molecule has 0 radical (unpaired) electrons. The molecule has 5 nitrogen and oxygen atoms in total. The van der Waals surface area contributed by atoms with Crippen LogP contribution in [0.5, 0.6) is 0 Å². The van der Waals surface area contributed by atoms with E-state index >= 15 is 0 Å². The monoisotopic (exact) mass is 542 g/mol. The highest BCUT2D eigenvalue weighted by Gasteiger charge is 2.37. The van der Waals surface area contributed by atoms with Gasteiger partial charge in [-0.25, -0.2) is 0 Å². The molecular formula is C30H36Cl2N2O3. The van der Waals surface area contributed by atoms with Crippen LogP contribution in [0.15, 0.2) is 36.4 Å². The van der Waals surface area contributed by atoms with Gasteiger partial charge in [0.05, 0.1) is 6.10 Å².